The Hall–Kier alpha value is -3.33. The number of phenols is 1. The van der Waals surface area contributed by atoms with Crippen molar-refractivity contribution in [3.63, 3.8) is 0 Å². The van der Waals surface area contributed by atoms with E-state index in [2.05, 4.69) is 65.1 Å². The van der Waals surface area contributed by atoms with Crippen LogP contribution in [0.5, 0.6) is 5.75 Å². The Balaban J connectivity index is 1.63. The summed E-state index contributed by atoms with van der Waals surface area (Å²) in [6, 6.07) is 19.2. The van der Waals surface area contributed by atoms with Crippen LogP contribution in [0.15, 0.2) is 60.7 Å². The number of amides is 1. The van der Waals surface area contributed by atoms with Crippen LogP contribution in [0.1, 0.15) is 105 Å². The Morgan fingerprint density at radius 1 is 0.919 bits per heavy atom. The summed E-state index contributed by atoms with van der Waals surface area (Å²) in [6.45, 7) is 14.0. The van der Waals surface area contributed by atoms with E-state index in [0.29, 0.717) is 11.3 Å². The molecule has 2 N–H and O–H groups in total. The van der Waals surface area contributed by atoms with Gasteiger partial charge in [-0.25, -0.2) is 0 Å². The highest BCUT2D eigenvalue weighted by atomic mass is 16.3. The minimum absolute atomic E-state index is 0.167. The van der Waals surface area contributed by atoms with Gasteiger partial charge in [-0.1, -0.05) is 71.4 Å². The summed E-state index contributed by atoms with van der Waals surface area (Å²) in [6.07, 6.45) is 8.13. The van der Waals surface area contributed by atoms with Crippen LogP contribution in [0.2, 0.25) is 0 Å². The maximum atomic E-state index is 12.7. The van der Waals surface area contributed by atoms with Crippen molar-refractivity contribution in [3.8, 4) is 5.75 Å². The molecule has 3 aromatic carbocycles. The van der Waals surface area contributed by atoms with E-state index in [1.807, 2.05) is 24.3 Å². The van der Waals surface area contributed by atoms with Gasteiger partial charge < -0.3 is 10.4 Å². The van der Waals surface area contributed by atoms with Gasteiger partial charge in [0.1, 0.15) is 5.75 Å². The predicted molar refractivity (Wildman–Crippen MR) is 156 cm³/mol. The van der Waals surface area contributed by atoms with E-state index in [1.165, 1.54) is 53.5 Å². The molecule has 1 amide bonds. The van der Waals surface area contributed by atoms with Crippen molar-refractivity contribution in [2.75, 3.05) is 5.32 Å². The average molecular weight is 496 g/mol. The Morgan fingerprint density at radius 3 is 2.11 bits per heavy atom. The molecule has 3 heteroatoms. The summed E-state index contributed by atoms with van der Waals surface area (Å²) in [5.74, 6) is 0.00730. The number of benzene rings is 3. The number of carbonyl (C=O) groups is 1. The zero-order valence-corrected chi connectivity index (χ0v) is 23.2. The highest BCUT2D eigenvalue weighted by Crippen LogP contribution is 2.47. The van der Waals surface area contributed by atoms with Crippen molar-refractivity contribution < 1.29 is 9.90 Å². The number of unbranched alkanes of at least 4 members (excludes halogenated alkanes) is 1. The maximum Gasteiger partial charge on any atom is 0.255 e. The topological polar surface area (TPSA) is 49.3 Å². The van der Waals surface area contributed by atoms with Crippen molar-refractivity contribution in [2.45, 2.75) is 84.5 Å². The number of phenolic OH excluding ortho intramolecular Hbond substituents is 1. The number of allylic oxidation sites excluding steroid dienone is 1. The molecule has 0 heterocycles. The first-order valence-corrected chi connectivity index (χ1v) is 13.6. The molecule has 3 aromatic rings. The van der Waals surface area contributed by atoms with Gasteiger partial charge in [0.2, 0.25) is 0 Å². The van der Waals surface area contributed by atoms with E-state index in [1.54, 1.807) is 24.3 Å². The van der Waals surface area contributed by atoms with Gasteiger partial charge in [0.15, 0.2) is 0 Å². The van der Waals surface area contributed by atoms with E-state index < -0.39 is 0 Å². The van der Waals surface area contributed by atoms with Crippen molar-refractivity contribution in [2.24, 2.45) is 0 Å². The lowest BCUT2D eigenvalue weighted by molar-refractivity contribution is 0.102. The normalized spacial score (nSPS) is 16.2. The first-order valence-electron chi connectivity index (χ1n) is 13.6. The second-order valence-electron chi connectivity index (χ2n) is 11.9. The lowest BCUT2D eigenvalue weighted by Crippen LogP contribution is -2.34. The number of fused-ring (bicyclic) bond motifs is 1. The monoisotopic (exact) mass is 495 g/mol. The molecule has 0 bridgehead atoms. The summed E-state index contributed by atoms with van der Waals surface area (Å²) >= 11 is 0. The number of aryl methyl sites for hydroxylation is 1. The summed E-state index contributed by atoms with van der Waals surface area (Å²) in [5.41, 5.74) is 9.80. The fraction of sp³-hybridized carbons (Fsp3) is 0.382. The van der Waals surface area contributed by atoms with Crippen LogP contribution in [0, 0.1) is 0 Å². The molecular weight excluding hydrogens is 454 g/mol. The zero-order chi connectivity index (χ0) is 26.8. The molecule has 0 saturated carbocycles. The minimum atomic E-state index is -0.167. The van der Waals surface area contributed by atoms with Crippen LogP contribution in [0.3, 0.4) is 0 Å². The molecule has 0 spiro atoms. The second kappa shape index (κ2) is 10.6. The average Bonchev–Trinajstić information content (AvgIpc) is 2.87. The van der Waals surface area contributed by atoms with Gasteiger partial charge in [-0.05, 0) is 113 Å². The van der Waals surface area contributed by atoms with Crippen LogP contribution < -0.4 is 5.32 Å². The summed E-state index contributed by atoms with van der Waals surface area (Å²) in [7, 11) is 0. The second-order valence-corrected chi connectivity index (χ2v) is 11.9. The Labute approximate surface area is 222 Å². The van der Waals surface area contributed by atoms with Crippen LogP contribution in [0.25, 0.3) is 11.6 Å². The SMILES string of the molecule is CCCCc1cc2c(cc1C(C)=Cc1ccc(C(=O)Nc3ccc(O)cc3)cc1)C(C)(C)CCC2(C)C. The van der Waals surface area contributed by atoms with Gasteiger partial charge in [-0.2, -0.15) is 0 Å². The van der Waals surface area contributed by atoms with Crippen molar-refractivity contribution in [1.82, 2.24) is 0 Å². The van der Waals surface area contributed by atoms with Crippen LogP contribution in [-0.4, -0.2) is 11.0 Å². The van der Waals surface area contributed by atoms with Crippen LogP contribution in [0.4, 0.5) is 5.69 Å². The molecule has 4 rings (SSSR count). The quantitative estimate of drug-likeness (QED) is 0.254. The number of nitrogens with one attached hydrogen (secondary N) is 1. The van der Waals surface area contributed by atoms with E-state index >= 15 is 0 Å². The van der Waals surface area contributed by atoms with Gasteiger partial charge in [0, 0.05) is 11.3 Å². The highest BCUT2D eigenvalue weighted by molar-refractivity contribution is 6.04. The number of hydrogen-bond donors (Lipinski definition) is 2. The number of aromatic hydroxyl groups is 1. The molecule has 0 saturated heterocycles. The molecule has 3 nitrogen and oxygen atoms in total. The maximum absolute atomic E-state index is 12.7. The standard InChI is InChI=1S/C34H41NO2/c1-7-8-9-26-21-30-31(34(5,6)19-18-33(30,3)4)22-29(26)23(2)20-24-10-12-25(13-11-24)32(37)35-27-14-16-28(36)17-15-27/h10-17,20-22,36H,7-9,18-19H2,1-6H3,(H,35,37). The molecule has 0 aliphatic heterocycles. The number of rotatable bonds is 7. The molecule has 194 valence electrons. The third kappa shape index (κ3) is 5.98. The third-order valence-corrected chi connectivity index (χ3v) is 7.98. The first kappa shape index (κ1) is 26.7. The van der Waals surface area contributed by atoms with E-state index in [4.69, 9.17) is 0 Å². The fourth-order valence-electron chi connectivity index (χ4n) is 5.41. The zero-order valence-electron chi connectivity index (χ0n) is 23.2. The third-order valence-electron chi connectivity index (χ3n) is 7.98. The van der Waals surface area contributed by atoms with Crippen molar-refractivity contribution in [1.29, 1.82) is 0 Å². The summed E-state index contributed by atoms with van der Waals surface area (Å²) < 4.78 is 0. The molecular formula is C34H41NO2. The van der Waals surface area contributed by atoms with Crippen LogP contribution in [-0.2, 0) is 17.3 Å². The lowest BCUT2D eigenvalue weighted by Gasteiger charge is -2.42. The highest BCUT2D eigenvalue weighted by Gasteiger charge is 2.37. The molecule has 37 heavy (non-hydrogen) atoms. The molecule has 1 aliphatic rings. The predicted octanol–water partition coefficient (Wildman–Crippen LogP) is 8.90. The Kier molecular flexibility index (Phi) is 7.64. The van der Waals surface area contributed by atoms with Gasteiger partial charge in [-0.15, -0.1) is 0 Å². The fourth-order valence-corrected chi connectivity index (χ4v) is 5.41. The van der Waals surface area contributed by atoms with Gasteiger partial charge in [-0.3, -0.25) is 4.79 Å². The van der Waals surface area contributed by atoms with Crippen molar-refractivity contribution >= 4 is 23.2 Å². The lowest BCUT2D eigenvalue weighted by atomic mass is 9.62. The molecule has 1 aliphatic carbocycles. The molecule has 0 radical (unpaired) electrons. The van der Waals surface area contributed by atoms with E-state index in [0.717, 1.165) is 12.0 Å². The number of hydrogen-bond acceptors (Lipinski definition) is 2. The van der Waals surface area contributed by atoms with Crippen molar-refractivity contribution in [3.05, 3.63) is 94.0 Å². The Bertz CT molecular complexity index is 1290. The smallest absolute Gasteiger partial charge is 0.255 e. The number of carbonyl (C=O) groups excluding carboxylic acids is 1. The Morgan fingerprint density at radius 2 is 1.51 bits per heavy atom. The largest absolute Gasteiger partial charge is 0.508 e. The van der Waals surface area contributed by atoms with Crippen LogP contribution >= 0.6 is 0 Å². The van der Waals surface area contributed by atoms with E-state index in [-0.39, 0.29) is 22.5 Å². The summed E-state index contributed by atoms with van der Waals surface area (Å²) in [4.78, 5) is 12.7. The first-order chi connectivity index (χ1) is 17.5. The number of anilines is 1. The van der Waals surface area contributed by atoms with E-state index in [9.17, 15) is 9.90 Å². The summed E-state index contributed by atoms with van der Waals surface area (Å²) in [5, 5.41) is 12.3. The van der Waals surface area contributed by atoms with Gasteiger partial charge >= 0.3 is 0 Å². The molecule has 0 aromatic heterocycles. The van der Waals surface area contributed by atoms with Gasteiger partial charge in [0.05, 0.1) is 0 Å². The van der Waals surface area contributed by atoms with Gasteiger partial charge in [0.25, 0.3) is 5.91 Å². The molecule has 0 unspecified atom stereocenters. The molecule has 0 fully saturated rings. The molecule has 0 atom stereocenters. The minimum Gasteiger partial charge on any atom is -0.508 e.